The average Bonchev–Trinajstić information content (AvgIpc) is 2.95. The van der Waals surface area contributed by atoms with Gasteiger partial charge < -0.3 is 0 Å². The van der Waals surface area contributed by atoms with Gasteiger partial charge in [-0.2, -0.15) is 0 Å². The van der Waals surface area contributed by atoms with Gasteiger partial charge in [0.05, 0.1) is 0 Å². The van der Waals surface area contributed by atoms with Crippen LogP contribution in [0.1, 0.15) is 5.56 Å². The van der Waals surface area contributed by atoms with Crippen LogP contribution < -0.4 is 11.1 Å². The number of nitrogens with zero attached hydrogens (tertiary/aromatic N) is 2. The molecule has 21 heavy (non-hydrogen) atoms. The zero-order chi connectivity index (χ0) is 14.7. The van der Waals surface area contributed by atoms with E-state index in [1.807, 2.05) is 30.3 Å². The van der Waals surface area contributed by atoms with Crippen molar-refractivity contribution in [1.29, 1.82) is 0 Å². The first-order valence-electron chi connectivity index (χ1n) is 6.28. The molecule has 2 aromatic rings. The molecule has 0 saturated carbocycles. The molecule has 5 nitrogen and oxygen atoms in total. The Morgan fingerprint density at radius 2 is 2.05 bits per heavy atom. The number of nitrogens with two attached hydrogens (primary N) is 1. The van der Waals surface area contributed by atoms with Gasteiger partial charge >= 0.3 is 127 Å². The minimum atomic E-state index is -0.208. The molecule has 1 amide bonds. The molecule has 6 heteroatoms. The van der Waals surface area contributed by atoms with Gasteiger partial charge in [-0.05, 0) is 0 Å². The van der Waals surface area contributed by atoms with Crippen LogP contribution in [0.2, 0.25) is 0 Å². The van der Waals surface area contributed by atoms with E-state index in [1.165, 1.54) is 6.08 Å². The first-order chi connectivity index (χ1) is 10.2. The molecule has 0 unspecified atom stereocenters. The average molecular weight is 343 g/mol. The van der Waals surface area contributed by atoms with E-state index in [2.05, 4.69) is 13.2 Å². The van der Waals surface area contributed by atoms with Gasteiger partial charge in [-0.1, -0.05) is 0 Å². The van der Waals surface area contributed by atoms with Crippen LogP contribution in [0.3, 0.4) is 0 Å². The fraction of sp³-hybridized carbons (Fsp3) is 0. The van der Waals surface area contributed by atoms with Crippen molar-refractivity contribution in [3.8, 4) is 0 Å². The van der Waals surface area contributed by atoms with E-state index in [4.69, 9.17) is 5.73 Å². The zero-order valence-corrected chi connectivity index (χ0v) is 12.7. The van der Waals surface area contributed by atoms with Gasteiger partial charge in [0.1, 0.15) is 0 Å². The Morgan fingerprint density at radius 1 is 1.19 bits per heavy atom. The van der Waals surface area contributed by atoms with E-state index in [0.717, 1.165) is 16.9 Å². The summed E-state index contributed by atoms with van der Waals surface area (Å²) in [7, 11) is 0. The second-order valence-corrected chi connectivity index (χ2v) is 5.54. The van der Waals surface area contributed by atoms with Gasteiger partial charge in [-0.15, -0.1) is 0 Å². The Bertz CT molecular complexity index is 807. The standard InChI is InChI=1S/C15H12N4OSe/c16-11-4-1-3-10(9-11)7-8-14(20)17-12-5-2-6-13-15(12)19-21-18-13/h1-9H,16H2,(H,17,20)/b8-7+. The number of amides is 1. The van der Waals surface area contributed by atoms with Crippen LogP contribution in [-0.4, -0.2) is 20.5 Å². The number of hydrogen-bond acceptors (Lipinski definition) is 4. The van der Waals surface area contributed by atoms with Gasteiger partial charge in [-0.25, -0.2) is 0 Å². The quantitative estimate of drug-likeness (QED) is 0.435. The van der Waals surface area contributed by atoms with Gasteiger partial charge in [0, 0.05) is 0 Å². The number of benzene rings is 2. The molecule has 3 N–H and O–H groups in total. The summed E-state index contributed by atoms with van der Waals surface area (Å²) >= 11 is -0.111. The monoisotopic (exact) mass is 344 g/mol. The SMILES string of the molecule is Nc1cccc(/C=C/C(=O)Nc2cccc3c2N=[Se]=N3)c1. The molecule has 0 spiro atoms. The van der Waals surface area contributed by atoms with Gasteiger partial charge in [-0.3, -0.25) is 0 Å². The minimum absolute atomic E-state index is 0.111. The van der Waals surface area contributed by atoms with Crippen LogP contribution in [0.25, 0.3) is 6.08 Å². The molecule has 1 aliphatic heterocycles. The predicted octanol–water partition coefficient (Wildman–Crippen LogP) is 3.27. The fourth-order valence-corrected chi connectivity index (χ4v) is 3.07. The molecule has 0 fully saturated rings. The van der Waals surface area contributed by atoms with E-state index < -0.39 is 0 Å². The predicted molar refractivity (Wildman–Crippen MR) is 84.9 cm³/mol. The summed E-state index contributed by atoms with van der Waals surface area (Å²) < 4.78 is 8.61. The van der Waals surface area contributed by atoms with Crippen LogP contribution >= 0.6 is 0 Å². The van der Waals surface area contributed by atoms with Gasteiger partial charge in [0.2, 0.25) is 0 Å². The maximum atomic E-state index is 12.0. The van der Waals surface area contributed by atoms with Crippen molar-refractivity contribution < 1.29 is 4.79 Å². The number of anilines is 2. The number of hydrogen-bond donors (Lipinski definition) is 2. The normalized spacial score (nSPS) is 12.2. The van der Waals surface area contributed by atoms with Crippen molar-refractivity contribution in [1.82, 2.24) is 0 Å². The van der Waals surface area contributed by atoms with Crippen LogP contribution in [0.15, 0.2) is 56.5 Å². The Hall–Kier alpha value is -2.43. The number of nitrogen functional groups attached to an aromatic ring is 1. The summed E-state index contributed by atoms with van der Waals surface area (Å²) in [4.78, 5) is 12.0. The van der Waals surface area contributed by atoms with Crippen LogP contribution in [0.4, 0.5) is 22.7 Å². The number of rotatable bonds is 3. The molecule has 0 saturated heterocycles. The Kier molecular flexibility index (Phi) is 3.81. The third kappa shape index (κ3) is 3.18. The molecule has 0 aromatic heterocycles. The Morgan fingerprint density at radius 3 is 2.90 bits per heavy atom. The van der Waals surface area contributed by atoms with E-state index >= 15 is 0 Å². The molecule has 3 rings (SSSR count). The van der Waals surface area contributed by atoms with Crippen molar-refractivity contribution in [2.45, 2.75) is 0 Å². The fourth-order valence-electron chi connectivity index (χ4n) is 1.92. The van der Waals surface area contributed by atoms with Crippen molar-refractivity contribution in [3.05, 3.63) is 54.1 Å². The van der Waals surface area contributed by atoms with E-state index in [1.54, 1.807) is 18.2 Å². The topological polar surface area (TPSA) is 79.8 Å². The molecule has 2 aromatic carbocycles. The summed E-state index contributed by atoms with van der Waals surface area (Å²) in [5.41, 5.74) is 9.54. The summed E-state index contributed by atoms with van der Waals surface area (Å²) in [5.74, 6) is -0.208. The molecule has 1 heterocycles. The molecular formula is C15H12N4OSe. The van der Waals surface area contributed by atoms with Crippen molar-refractivity contribution in [2.24, 2.45) is 7.92 Å². The maximum absolute atomic E-state index is 12.0. The van der Waals surface area contributed by atoms with Crippen molar-refractivity contribution >= 4 is 49.3 Å². The molecule has 1 aliphatic rings. The molecule has 104 valence electrons. The van der Waals surface area contributed by atoms with Crippen LogP contribution in [0, 0.1) is 0 Å². The van der Waals surface area contributed by atoms with Gasteiger partial charge in [0.15, 0.2) is 0 Å². The van der Waals surface area contributed by atoms with Crippen molar-refractivity contribution in [3.63, 3.8) is 0 Å². The Labute approximate surface area is 127 Å². The summed E-state index contributed by atoms with van der Waals surface area (Å²) in [6, 6.07) is 12.9. The third-order valence-corrected chi connectivity index (χ3v) is 4.02. The van der Waals surface area contributed by atoms with E-state index in [9.17, 15) is 4.79 Å². The third-order valence-electron chi connectivity index (χ3n) is 2.88. The number of carbonyl (C=O) groups is 1. The van der Waals surface area contributed by atoms with Crippen LogP contribution in [0.5, 0.6) is 0 Å². The van der Waals surface area contributed by atoms with Crippen LogP contribution in [-0.2, 0) is 4.79 Å². The molecule has 0 radical (unpaired) electrons. The van der Waals surface area contributed by atoms with Crippen molar-refractivity contribution in [2.75, 3.05) is 11.1 Å². The molecular weight excluding hydrogens is 331 g/mol. The first kappa shape index (κ1) is 13.5. The second kappa shape index (κ2) is 5.91. The molecule has 0 atom stereocenters. The summed E-state index contributed by atoms with van der Waals surface area (Å²) in [6.45, 7) is 0. The molecule has 0 aliphatic carbocycles. The summed E-state index contributed by atoms with van der Waals surface area (Å²) in [5, 5.41) is 2.83. The second-order valence-electron chi connectivity index (χ2n) is 4.43. The number of fused-ring (bicyclic) bond motifs is 1. The van der Waals surface area contributed by atoms with E-state index in [-0.39, 0.29) is 20.5 Å². The van der Waals surface area contributed by atoms with E-state index in [0.29, 0.717) is 11.4 Å². The molecule has 0 bridgehead atoms. The first-order valence-corrected chi connectivity index (χ1v) is 7.81. The summed E-state index contributed by atoms with van der Waals surface area (Å²) in [6.07, 6.45) is 3.20. The van der Waals surface area contributed by atoms with Gasteiger partial charge in [0.25, 0.3) is 0 Å². The Balaban J connectivity index is 1.73. The number of nitrogens with one attached hydrogen (secondary N) is 1. The zero-order valence-electron chi connectivity index (χ0n) is 11.0. The number of carbonyl (C=O) groups excluding carboxylic acids is 1.